The van der Waals surface area contributed by atoms with Crippen LogP contribution in [-0.4, -0.2) is 38.1 Å². The molecular weight excluding hydrogens is 300 g/mol. The Balaban J connectivity index is 1.97. The van der Waals surface area contributed by atoms with Gasteiger partial charge in [0.2, 0.25) is 11.8 Å². The first-order chi connectivity index (χ1) is 11.8. The van der Waals surface area contributed by atoms with Gasteiger partial charge in [0.05, 0.1) is 13.1 Å². The molecule has 4 heteroatoms. The van der Waals surface area contributed by atoms with E-state index in [2.05, 4.69) is 60.2 Å². The van der Waals surface area contributed by atoms with Crippen LogP contribution in [0.2, 0.25) is 0 Å². The Labute approximate surface area is 141 Å². The van der Waals surface area contributed by atoms with Crippen molar-refractivity contribution < 1.29 is 9.47 Å². The predicted octanol–water partition coefficient (Wildman–Crippen LogP) is 3.52. The fourth-order valence-corrected chi connectivity index (χ4v) is 3.35. The number of nitrogens with zero attached hydrogens (tertiary/aromatic N) is 2. The average Bonchev–Trinajstić information content (AvgIpc) is 3.29. The maximum absolute atomic E-state index is 5.75. The van der Waals surface area contributed by atoms with Gasteiger partial charge < -0.3 is 9.47 Å². The van der Waals surface area contributed by atoms with Crippen LogP contribution in [0.1, 0.15) is 22.3 Å². The highest BCUT2D eigenvalue weighted by Gasteiger charge is 2.23. The SMILES string of the molecule is Cc1cccc(C2=NCCO2)c1-c1c(C)cccc1C1=NCCO1. The highest BCUT2D eigenvalue weighted by Crippen LogP contribution is 2.35. The van der Waals surface area contributed by atoms with Crippen molar-refractivity contribution in [2.45, 2.75) is 13.8 Å². The van der Waals surface area contributed by atoms with Crippen molar-refractivity contribution in [3.05, 3.63) is 58.7 Å². The van der Waals surface area contributed by atoms with Crippen LogP contribution in [0.15, 0.2) is 46.4 Å². The highest BCUT2D eigenvalue weighted by molar-refractivity contribution is 6.08. The first kappa shape index (κ1) is 14.9. The van der Waals surface area contributed by atoms with E-state index < -0.39 is 0 Å². The summed E-state index contributed by atoms with van der Waals surface area (Å²) in [5, 5.41) is 0. The zero-order valence-corrected chi connectivity index (χ0v) is 14.0. The molecule has 4 rings (SSSR count). The first-order valence-corrected chi connectivity index (χ1v) is 8.30. The Hall–Kier alpha value is -2.62. The van der Waals surface area contributed by atoms with E-state index in [0.717, 1.165) is 47.1 Å². The fraction of sp³-hybridized carbons (Fsp3) is 0.300. The molecule has 0 aromatic heterocycles. The van der Waals surface area contributed by atoms with E-state index in [1.165, 1.54) is 11.1 Å². The normalized spacial score (nSPS) is 16.4. The minimum absolute atomic E-state index is 0.652. The summed E-state index contributed by atoms with van der Waals surface area (Å²) in [4.78, 5) is 9.05. The maximum Gasteiger partial charge on any atom is 0.216 e. The Morgan fingerprint density at radius 1 is 0.708 bits per heavy atom. The molecule has 0 radical (unpaired) electrons. The van der Waals surface area contributed by atoms with E-state index in [-0.39, 0.29) is 0 Å². The number of rotatable bonds is 3. The van der Waals surface area contributed by atoms with Crippen molar-refractivity contribution in [2.24, 2.45) is 9.98 Å². The second kappa shape index (κ2) is 6.11. The van der Waals surface area contributed by atoms with Crippen LogP contribution in [0.25, 0.3) is 11.1 Å². The van der Waals surface area contributed by atoms with Gasteiger partial charge in [0.1, 0.15) is 13.2 Å². The summed E-state index contributed by atoms with van der Waals surface area (Å²) in [6.07, 6.45) is 0. The molecule has 0 saturated carbocycles. The second-order valence-corrected chi connectivity index (χ2v) is 6.07. The van der Waals surface area contributed by atoms with Gasteiger partial charge in [-0.1, -0.05) is 24.3 Å². The maximum atomic E-state index is 5.75. The van der Waals surface area contributed by atoms with E-state index in [1.807, 2.05) is 0 Å². The van der Waals surface area contributed by atoms with Crippen LogP contribution in [0.4, 0.5) is 0 Å². The first-order valence-electron chi connectivity index (χ1n) is 8.30. The largest absolute Gasteiger partial charge is 0.475 e. The number of hydrogen-bond donors (Lipinski definition) is 0. The van der Waals surface area contributed by atoms with E-state index >= 15 is 0 Å². The molecule has 0 bridgehead atoms. The van der Waals surface area contributed by atoms with Crippen molar-refractivity contribution >= 4 is 11.8 Å². The molecule has 4 nitrogen and oxygen atoms in total. The van der Waals surface area contributed by atoms with Crippen LogP contribution in [0.3, 0.4) is 0 Å². The van der Waals surface area contributed by atoms with Gasteiger partial charge in [-0.05, 0) is 48.2 Å². The van der Waals surface area contributed by atoms with Gasteiger partial charge in [-0.15, -0.1) is 0 Å². The van der Waals surface area contributed by atoms with E-state index in [1.54, 1.807) is 0 Å². The summed E-state index contributed by atoms with van der Waals surface area (Å²) in [6, 6.07) is 12.5. The van der Waals surface area contributed by atoms with Crippen LogP contribution in [0, 0.1) is 13.8 Å². The summed E-state index contributed by atoms with van der Waals surface area (Å²) < 4.78 is 11.5. The van der Waals surface area contributed by atoms with Gasteiger partial charge in [-0.3, -0.25) is 0 Å². The third-order valence-electron chi connectivity index (χ3n) is 4.43. The standard InChI is InChI=1S/C20H20N2O2/c1-13-5-3-7-15(19-21-9-11-23-19)17(13)18-14(2)6-4-8-16(18)20-22-10-12-24-20/h3-8H,9-12H2,1-2H3. The van der Waals surface area contributed by atoms with Gasteiger partial charge in [-0.25, -0.2) is 9.98 Å². The lowest BCUT2D eigenvalue weighted by Gasteiger charge is -2.18. The molecule has 2 aromatic carbocycles. The van der Waals surface area contributed by atoms with Crippen LogP contribution in [-0.2, 0) is 9.47 Å². The second-order valence-electron chi connectivity index (χ2n) is 6.07. The van der Waals surface area contributed by atoms with E-state index in [0.29, 0.717) is 13.2 Å². The molecule has 2 aromatic rings. The third kappa shape index (κ3) is 2.48. The minimum atomic E-state index is 0.652. The molecule has 2 aliphatic rings. The quantitative estimate of drug-likeness (QED) is 0.868. The van der Waals surface area contributed by atoms with Gasteiger partial charge in [0.15, 0.2) is 0 Å². The number of ether oxygens (including phenoxy) is 2. The molecule has 122 valence electrons. The highest BCUT2D eigenvalue weighted by atomic mass is 16.5. The monoisotopic (exact) mass is 320 g/mol. The van der Waals surface area contributed by atoms with Crippen LogP contribution < -0.4 is 0 Å². The number of benzene rings is 2. The number of hydrogen-bond acceptors (Lipinski definition) is 4. The minimum Gasteiger partial charge on any atom is -0.475 e. The van der Waals surface area contributed by atoms with Crippen molar-refractivity contribution in [3.8, 4) is 11.1 Å². The number of aryl methyl sites for hydroxylation is 2. The van der Waals surface area contributed by atoms with Crippen LogP contribution >= 0.6 is 0 Å². The summed E-state index contributed by atoms with van der Waals surface area (Å²) in [6.45, 7) is 7.00. The smallest absolute Gasteiger partial charge is 0.216 e. The van der Waals surface area contributed by atoms with Crippen molar-refractivity contribution in [2.75, 3.05) is 26.3 Å². The average molecular weight is 320 g/mol. The lowest BCUT2D eigenvalue weighted by molar-refractivity contribution is 0.348. The molecule has 0 spiro atoms. The Bertz CT molecular complexity index is 781. The van der Waals surface area contributed by atoms with Gasteiger partial charge >= 0.3 is 0 Å². The molecule has 0 N–H and O–H groups in total. The van der Waals surface area contributed by atoms with Gasteiger partial charge in [-0.2, -0.15) is 0 Å². The Morgan fingerprint density at radius 2 is 1.17 bits per heavy atom. The Kier molecular flexibility index (Phi) is 3.81. The fourth-order valence-electron chi connectivity index (χ4n) is 3.35. The molecule has 0 fully saturated rings. The van der Waals surface area contributed by atoms with Crippen LogP contribution in [0.5, 0.6) is 0 Å². The molecule has 2 heterocycles. The van der Waals surface area contributed by atoms with E-state index in [9.17, 15) is 0 Å². The molecular formula is C20H20N2O2. The van der Waals surface area contributed by atoms with E-state index in [4.69, 9.17) is 9.47 Å². The summed E-state index contributed by atoms with van der Waals surface area (Å²) in [7, 11) is 0. The van der Waals surface area contributed by atoms with Gasteiger partial charge in [0.25, 0.3) is 0 Å². The molecule has 0 aliphatic carbocycles. The topological polar surface area (TPSA) is 43.2 Å². The zero-order valence-electron chi connectivity index (χ0n) is 14.0. The predicted molar refractivity (Wildman–Crippen MR) is 96.1 cm³/mol. The summed E-state index contributed by atoms with van der Waals surface area (Å²) >= 11 is 0. The van der Waals surface area contributed by atoms with Crippen molar-refractivity contribution in [1.29, 1.82) is 0 Å². The molecule has 0 amide bonds. The molecule has 0 atom stereocenters. The molecule has 24 heavy (non-hydrogen) atoms. The summed E-state index contributed by atoms with van der Waals surface area (Å²) in [5.74, 6) is 1.47. The molecule has 0 saturated heterocycles. The molecule has 0 unspecified atom stereocenters. The lowest BCUT2D eigenvalue weighted by Crippen LogP contribution is -2.09. The Morgan fingerprint density at radius 3 is 1.54 bits per heavy atom. The lowest BCUT2D eigenvalue weighted by atomic mass is 9.88. The third-order valence-corrected chi connectivity index (χ3v) is 4.43. The zero-order chi connectivity index (χ0) is 16.5. The number of aliphatic imine (C=N–C) groups is 2. The van der Waals surface area contributed by atoms with Crippen molar-refractivity contribution in [3.63, 3.8) is 0 Å². The molecule has 2 aliphatic heterocycles. The van der Waals surface area contributed by atoms with Crippen molar-refractivity contribution in [1.82, 2.24) is 0 Å². The summed E-state index contributed by atoms with van der Waals surface area (Å²) in [5.41, 5.74) is 6.79. The van der Waals surface area contributed by atoms with Gasteiger partial charge in [0, 0.05) is 11.1 Å².